The number of hydrogen-bond donors (Lipinski definition) is 0. The summed E-state index contributed by atoms with van der Waals surface area (Å²) >= 11 is 1.68. The molecule has 4 heterocycles. The second-order valence-electron chi connectivity index (χ2n) is 15.7. The van der Waals surface area contributed by atoms with Crippen LogP contribution in [0.3, 0.4) is 0 Å². The first kappa shape index (κ1) is 31.7. The SMILES string of the molecule is [2H]c1c([2H])c(-n2c3ccccc3c3ccccc32)c([2H])c([2H])c1-c1nc(-c2ccccc2)nc(-c2cc(-n3c4ccccc4c4ccccc43)cc3c2sc2cc(-c4ccccc4)ccc23)n1. The van der Waals surface area contributed by atoms with Gasteiger partial charge in [0, 0.05) is 69.8 Å². The van der Waals surface area contributed by atoms with E-state index in [1.54, 1.807) is 11.3 Å². The van der Waals surface area contributed by atoms with Crippen molar-refractivity contribution >= 4 is 75.1 Å². The molecular weight excluding hydrogens is 787 g/mol. The molecule has 0 saturated heterocycles. The fraction of sp³-hybridized carbons (Fsp3) is 0. The molecule has 6 heteroatoms. The quantitative estimate of drug-likeness (QED) is 0.168. The lowest BCUT2D eigenvalue weighted by Gasteiger charge is -2.13. The van der Waals surface area contributed by atoms with Crippen molar-refractivity contribution in [2.45, 2.75) is 0 Å². The number of fused-ring (bicyclic) bond motifs is 9. The number of benzene rings is 9. The van der Waals surface area contributed by atoms with Crippen LogP contribution in [0.4, 0.5) is 0 Å². The van der Waals surface area contributed by atoms with Gasteiger partial charge in [-0.2, -0.15) is 0 Å². The number of aromatic nitrogens is 5. The van der Waals surface area contributed by atoms with Gasteiger partial charge in [0.2, 0.25) is 0 Å². The first-order chi connectivity index (χ1) is 32.9. The third kappa shape index (κ3) is 5.73. The molecule has 0 amide bonds. The zero-order valence-electron chi connectivity index (χ0n) is 37.5. The molecule has 294 valence electrons. The van der Waals surface area contributed by atoms with Gasteiger partial charge < -0.3 is 9.13 Å². The van der Waals surface area contributed by atoms with Crippen molar-refractivity contribution in [2.75, 3.05) is 0 Å². The van der Waals surface area contributed by atoms with Crippen LogP contribution in [0.1, 0.15) is 5.48 Å². The van der Waals surface area contributed by atoms with Crippen molar-refractivity contribution in [1.29, 1.82) is 0 Å². The predicted octanol–water partition coefficient (Wildman–Crippen LogP) is 15.1. The molecule has 9 aromatic carbocycles. The molecule has 0 aliphatic carbocycles. The van der Waals surface area contributed by atoms with Crippen LogP contribution in [0.15, 0.2) is 212 Å². The average Bonchev–Trinajstić information content (AvgIpc) is 4.04. The second kappa shape index (κ2) is 14.2. The Morgan fingerprint density at radius 1 is 0.349 bits per heavy atom. The Morgan fingerprint density at radius 3 is 1.40 bits per heavy atom. The summed E-state index contributed by atoms with van der Waals surface area (Å²) in [5, 5.41) is 6.34. The minimum atomic E-state index is -0.242. The van der Waals surface area contributed by atoms with Crippen LogP contribution >= 0.6 is 11.3 Å². The number of thiophene rings is 1. The fourth-order valence-corrected chi connectivity index (χ4v) is 10.4. The standard InChI is InChI=1S/C57H35N5S/c1-3-15-36(16-4-1)39-29-32-46-47-34-41(62-51-25-13-9-21-44(51)45-22-10-14-26-52(45)62)35-48(54(47)63-53(46)33-39)57-59-55(37-17-5-2-6-18-37)58-56(60-57)38-27-30-40(31-28-38)61-49-23-11-7-19-42(49)43-20-8-12-24-50(43)61/h1-35H/i27D,28D,30D,31D. The molecule has 0 aliphatic heterocycles. The zero-order chi connectivity index (χ0) is 44.9. The van der Waals surface area contributed by atoms with Crippen LogP contribution in [0.5, 0.6) is 0 Å². The van der Waals surface area contributed by atoms with Crippen molar-refractivity contribution in [1.82, 2.24) is 24.1 Å². The second-order valence-corrected chi connectivity index (χ2v) is 16.7. The van der Waals surface area contributed by atoms with Gasteiger partial charge in [0.25, 0.3) is 0 Å². The van der Waals surface area contributed by atoms with Gasteiger partial charge in [-0.25, -0.2) is 15.0 Å². The molecule has 0 fully saturated rings. The Morgan fingerprint density at radius 2 is 0.825 bits per heavy atom. The lowest BCUT2D eigenvalue weighted by Crippen LogP contribution is -2.02. The van der Waals surface area contributed by atoms with Crippen LogP contribution in [0.25, 0.3) is 120 Å². The average molecular weight is 826 g/mol. The highest BCUT2D eigenvalue weighted by Gasteiger charge is 2.21. The molecule has 0 unspecified atom stereocenters. The van der Waals surface area contributed by atoms with E-state index in [9.17, 15) is 5.48 Å². The van der Waals surface area contributed by atoms with E-state index in [2.05, 4.69) is 108 Å². The first-order valence-corrected chi connectivity index (χ1v) is 21.7. The van der Waals surface area contributed by atoms with E-state index in [0.717, 1.165) is 91.7 Å². The summed E-state index contributed by atoms with van der Waals surface area (Å²) in [6, 6.07) is 62.8. The van der Waals surface area contributed by atoms with Crippen LogP contribution in [0, 0.1) is 0 Å². The third-order valence-electron chi connectivity index (χ3n) is 12.1. The van der Waals surface area contributed by atoms with Crippen molar-refractivity contribution in [3.63, 3.8) is 0 Å². The molecule has 13 rings (SSSR count). The summed E-state index contributed by atoms with van der Waals surface area (Å²) in [7, 11) is 0. The number of rotatable bonds is 6. The van der Waals surface area contributed by atoms with Crippen molar-refractivity contribution in [3.05, 3.63) is 212 Å². The molecular formula is C57H35N5S. The van der Waals surface area contributed by atoms with Gasteiger partial charge in [0.05, 0.1) is 27.5 Å². The highest BCUT2D eigenvalue weighted by atomic mass is 32.1. The number of hydrogen-bond acceptors (Lipinski definition) is 4. The molecule has 5 nitrogen and oxygen atoms in total. The predicted molar refractivity (Wildman–Crippen MR) is 263 cm³/mol. The van der Waals surface area contributed by atoms with E-state index in [0.29, 0.717) is 11.6 Å². The number of nitrogens with zero attached hydrogens (tertiary/aromatic N) is 5. The first-order valence-electron chi connectivity index (χ1n) is 22.9. The minimum absolute atomic E-state index is 0.000937. The molecule has 4 aromatic heterocycles. The maximum atomic E-state index is 9.65. The van der Waals surface area contributed by atoms with Gasteiger partial charge in [0.15, 0.2) is 17.5 Å². The molecule has 0 bridgehead atoms. The highest BCUT2D eigenvalue weighted by Crippen LogP contribution is 2.44. The van der Waals surface area contributed by atoms with Crippen LogP contribution in [0.2, 0.25) is 0 Å². The van der Waals surface area contributed by atoms with Gasteiger partial charge in [-0.3, -0.25) is 0 Å². The Bertz CT molecular complexity index is 4020. The maximum absolute atomic E-state index is 9.65. The molecule has 0 aliphatic rings. The topological polar surface area (TPSA) is 48.5 Å². The zero-order valence-corrected chi connectivity index (χ0v) is 34.4. The van der Waals surface area contributed by atoms with E-state index < -0.39 is 0 Å². The molecule has 0 radical (unpaired) electrons. The molecule has 0 atom stereocenters. The van der Waals surface area contributed by atoms with Gasteiger partial charge in [-0.1, -0.05) is 146 Å². The van der Waals surface area contributed by atoms with Crippen molar-refractivity contribution in [3.8, 4) is 56.7 Å². The van der Waals surface area contributed by atoms with Crippen LogP contribution in [-0.2, 0) is 0 Å². The highest BCUT2D eigenvalue weighted by molar-refractivity contribution is 7.26. The molecule has 0 saturated carbocycles. The van der Waals surface area contributed by atoms with E-state index in [1.807, 2.05) is 89.5 Å². The Balaban J connectivity index is 1.10. The van der Waals surface area contributed by atoms with Gasteiger partial charge in [-0.05, 0) is 77.8 Å². The molecule has 13 aromatic rings. The monoisotopic (exact) mass is 825 g/mol. The van der Waals surface area contributed by atoms with E-state index in [-0.39, 0.29) is 41.2 Å². The van der Waals surface area contributed by atoms with E-state index in [4.69, 9.17) is 15.0 Å². The lowest BCUT2D eigenvalue weighted by molar-refractivity contribution is 1.07. The van der Waals surface area contributed by atoms with Crippen molar-refractivity contribution in [2.24, 2.45) is 0 Å². The Hall–Kier alpha value is -8.19. The normalized spacial score (nSPS) is 12.7. The van der Waals surface area contributed by atoms with Gasteiger partial charge >= 0.3 is 0 Å². The number of para-hydroxylation sites is 4. The largest absolute Gasteiger partial charge is 0.309 e. The van der Waals surface area contributed by atoms with Crippen LogP contribution in [-0.4, -0.2) is 24.1 Å². The Kier molecular flexibility index (Phi) is 7.13. The molecule has 0 spiro atoms. The smallest absolute Gasteiger partial charge is 0.165 e. The lowest BCUT2D eigenvalue weighted by atomic mass is 10.0. The molecule has 0 N–H and O–H groups in total. The summed E-state index contributed by atoms with van der Waals surface area (Å²) < 4.78 is 44.7. The fourth-order valence-electron chi connectivity index (χ4n) is 9.19. The van der Waals surface area contributed by atoms with E-state index in [1.165, 1.54) is 0 Å². The van der Waals surface area contributed by atoms with Crippen LogP contribution < -0.4 is 0 Å². The van der Waals surface area contributed by atoms with Gasteiger partial charge in [0.1, 0.15) is 0 Å². The van der Waals surface area contributed by atoms with Crippen molar-refractivity contribution < 1.29 is 5.48 Å². The molecule has 63 heavy (non-hydrogen) atoms. The summed E-state index contributed by atoms with van der Waals surface area (Å²) in [5.74, 6) is 0.763. The van der Waals surface area contributed by atoms with Gasteiger partial charge in [-0.15, -0.1) is 11.3 Å². The third-order valence-corrected chi connectivity index (χ3v) is 13.3. The summed E-state index contributed by atoms with van der Waals surface area (Å²) in [6.07, 6.45) is 0. The van der Waals surface area contributed by atoms with E-state index >= 15 is 0 Å². The maximum Gasteiger partial charge on any atom is 0.165 e. The summed E-state index contributed by atoms with van der Waals surface area (Å²) in [5.41, 5.74) is 8.52. The Labute approximate surface area is 372 Å². The summed E-state index contributed by atoms with van der Waals surface area (Å²) in [6.45, 7) is 0. The minimum Gasteiger partial charge on any atom is -0.309 e. The summed E-state index contributed by atoms with van der Waals surface area (Å²) in [4.78, 5) is 15.4.